The van der Waals surface area contributed by atoms with Crippen molar-refractivity contribution in [1.29, 1.82) is 0 Å². The molecular formula is C25H35N3O5. The van der Waals surface area contributed by atoms with Gasteiger partial charge in [0, 0.05) is 12.6 Å². The average molecular weight is 458 g/mol. The number of rotatable bonds is 8. The highest BCUT2D eigenvalue weighted by Crippen LogP contribution is 2.63. The molecular weight excluding hydrogens is 422 g/mol. The van der Waals surface area contributed by atoms with Crippen molar-refractivity contribution in [2.24, 2.45) is 11.8 Å². The van der Waals surface area contributed by atoms with Gasteiger partial charge in [-0.05, 0) is 45.6 Å². The van der Waals surface area contributed by atoms with Gasteiger partial charge in [0.05, 0.1) is 30.1 Å². The minimum absolute atomic E-state index is 0.113. The standard InChI is InChI=1S/C25H35N3O5/c1-5-17(14-29)28-20(22(31)27-15(2)3)25-12-11-24(4,33-25)18(19(25)23(28)32)21(30)26-13-16-9-7-6-8-10-16/h6-10,15,17-20,29H,5,11-14H2,1-4H3,(H,26,30)(H,27,31)/t17-,18-,19-,20?,24+,25?/m0/s1. The fraction of sp³-hybridized carbons (Fsp3) is 0.640. The molecule has 2 bridgehead atoms. The van der Waals surface area contributed by atoms with Crippen LogP contribution in [-0.4, -0.2) is 63.7 Å². The number of aliphatic hydroxyl groups is 1. The molecule has 1 aromatic rings. The molecule has 3 fully saturated rings. The molecule has 0 aliphatic carbocycles. The molecule has 2 unspecified atom stereocenters. The third kappa shape index (κ3) is 3.73. The lowest BCUT2D eigenvalue weighted by atomic mass is 9.66. The lowest BCUT2D eigenvalue weighted by Crippen LogP contribution is -2.58. The van der Waals surface area contributed by atoms with Crippen LogP contribution in [0.25, 0.3) is 0 Å². The lowest BCUT2D eigenvalue weighted by molar-refractivity contribution is -0.150. The number of nitrogens with zero attached hydrogens (tertiary/aromatic N) is 1. The van der Waals surface area contributed by atoms with Crippen molar-refractivity contribution in [2.75, 3.05) is 6.61 Å². The number of benzene rings is 1. The van der Waals surface area contributed by atoms with E-state index in [2.05, 4.69) is 10.6 Å². The number of nitrogens with one attached hydrogen (secondary N) is 2. The Morgan fingerprint density at radius 2 is 1.91 bits per heavy atom. The van der Waals surface area contributed by atoms with Crippen LogP contribution in [-0.2, 0) is 25.7 Å². The van der Waals surface area contributed by atoms with E-state index < -0.39 is 35.1 Å². The molecule has 8 heteroatoms. The van der Waals surface area contributed by atoms with Crippen LogP contribution in [0.4, 0.5) is 0 Å². The minimum atomic E-state index is -1.07. The summed E-state index contributed by atoms with van der Waals surface area (Å²) in [5.41, 5.74) is -0.915. The molecule has 3 aliphatic rings. The van der Waals surface area contributed by atoms with Crippen molar-refractivity contribution in [2.45, 2.75) is 82.8 Å². The molecule has 1 aromatic carbocycles. The fourth-order valence-corrected chi connectivity index (χ4v) is 6.13. The summed E-state index contributed by atoms with van der Waals surface area (Å²) in [7, 11) is 0. The number of fused-ring (bicyclic) bond motifs is 1. The fourth-order valence-electron chi connectivity index (χ4n) is 6.13. The second kappa shape index (κ2) is 8.72. The molecule has 3 heterocycles. The van der Waals surface area contributed by atoms with Crippen molar-refractivity contribution in [1.82, 2.24) is 15.5 Å². The van der Waals surface area contributed by atoms with Gasteiger partial charge >= 0.3 is 0 Å². The van der Waals surface area contributed by atoms with Crippen LogP contribution in [0.5, 0.6) is 0 Å². The Morgan fingerprint density at radius 1 is 1.21 bits per heavy atom. The van der Waals surface area contributed by atoms with Crippen molar-refractivity contribution in [3.05, 3.63) is 35.9 Å². The molecule has 4 rings (SSSR count). The Balaban J connectivity index is 1.68. The SMILES string of the molecule is CC[C@@H](CO)N1C(=O)[C@@H]2[C@@H](C(=O)NCc3ccccc3)[C@@]3(C)CCC2(O3)C1C(=O)NC(C)C. The number of carbonyl (C=O) groups is 3. The lowest BCUT2D eigenvalue weighted by Gasteiger charge is -2.37. The molecule has 3 N–H and O–H groups in total. The Labute approximate surface area is 195 Å². The van der Waals surface area contributed by atoms with Gasteiger partial charge < -0.3 is 25.4 Å². The van der Waals surface area contributed by atoms with Gasteiger partial charge in [0.1, 0.15) is 11.6 Å². The first-order valence-corrected chi connectivity index (χ1v) is 11.9. The molecule has 3 saturated heterocycles. The number of hydrogen-bond donors (Lipinski definition) is 3. The minimum Gasteiger partial charge on any atom is -0.394 e. The molecule has 6 atom stereocenters. The highest BCUT2D eigenvalue weighted by atomic mass is 16.5. The Hall–Kier alpha value is -2.45. The predicted molar refractivity (Wildman–Crippen MR) is 122 cm³/mol. The van der Waals surface area contributed by atoms with E-state index >= 15 is 0 Å². The summed E-state index contributed by atoms with van der Waals surface area (Å²) >= 11 is 0. The summed E-state index contributed by atoms with van der Waals surface area (Å²) < 4.78 is 6.55. The van der Waals surface area contributed by atoms with Crippen LogP contribution in [0.1, 0.15) is 52.5 Å². The first-order chi connectivity index (χ1) is 15.7. The van der Waals surface area contributed by atoms with Gasteiger partial charge in [0.25, 0.3) is 0 Å². The van der Waals surface area contributed by atoms with E-state index in [4.69, 9.17) is 4.74 Å². The Bertz CT molecular complexity index is 918. The van der Waals surface area contributed by atoms with E-state index in [0.29, 0.717) is 25.8 Å². The number of likely N-dealkylation sites (tertiary alicyclic amines) is 1. The van der Waals surface area contributed by atoms with E-state index in [0.717, 1.165) is 5.56 Å². The van der Waals surface area contributed by atoms with Gasteiger partial charge in [-0.1, -0.05) is 37.3 Å². The van der Waals surface area contributed by atoms with Gasteiger partial charge in [-0.15, -0.1) is 0 Å². The quantitative estimate of drug-likeness (QED) is 0.546. The molecule has 33 heavy (non-hydrogen) atoms. The Kier molecular flexibility index (Phi) is 6.26. The topological polar surface area (TPSA) is 108 Å². The summed E-state index contributed by atoms with van der Waals surface area (Å²) in [5.74, 6) is -2.25. The monoisotopic (exact) mass is 457 g/mol. The van der Waals surface area contributed by atoms with Crippen LogP contribution in [0, 0.1) is 11.8 Å². The third-order valence-electron chi connectivity index (χ3n) is 7.56. The van der Waals surface area contributed by atoms with Crippen molar-refractivity contribution in [3.8, 4) is 0 Å². The van der Waals surface area contributed by atoms with E-state index in [9.17, 15) is 19.5 Å². The highest BCUT2D eigenvalue weighted by molar-refractivity contribution is 5.99. The van der Waals surface area contributed by atoms with Crippen LogP contribution >= 0.6 is 0 Å². The zero-order valence-electron chi connectivity index (χ0n) is 19.8. The highest BCUT2D eigenvalue weighted by Gasteiger charge is 2.78. The average Bonchev–Trinajstić information content (AvgIpc) is 3.34. The van der Waals surface area contributed by atoms with Gasteiger partial charge in [0.2, 0.25) is 17.7 Å². The van der Waals surface area contributed by atoms with Crippen LogP contribution < -0.4 is 10.6 Å². The van der Waals surface area contributed by atoms with Crippen molar-refractivity contribution in [3.63, 3.8) is 0 Å². The maximum Gasteiger partial charge on any atom is 0.246 e. The first-order valence-electron chi connectivity index (χ1n) is 11.9. The van der Waals surface area contributed by atoms with Gasteiger partial charge in [0.15, 0.2) is 0 Å². The first kappa shape index (κ1) is 23.7. The molecule has 0 aromatic heterocycles. The predicted octanol–water partition coefficient (Wildman–Crippen LogP) is 1.36. The van der Waals surface area contributed by atoms with Gasteiger partial charge in [-0.25, -0.2) is 0 Å². The normalized spacial score (nSPS) is 33.3. The zero-order chi connectivity index (χ0) is 24.0. The number of ether oxygens (including phenoxy) is 1. The van der Waals surface area contributed by atoms with E-state index in [1.165, 1.54) is 4.90 Å². The summed E-state index contributed by atoms with van der Waals surface area (Å²) in [6, 6.07) is 8.11. The second-order valence-corrected chi connectivity index (χ2v) is 10.1. The van der Waals surface area contributed by atoms with E-state index in [1.807, 2.05) is 58.0 Å². The molecule has 3 amide bonds. The number of amides is 3. The molecule has 180 valence electrons. The molecule has 0 saturated carbocycles. The van der Waals surface area contributed by atoms with Gasteiger partial charge in [-0.2, -0.15) is 0 Å². The summed E-state index contributed by atoms with van der Waals surface area (Å²) in [6.07, 6.45) is 1.62. The largest absolute Gasteiger partial charge is 0.394 e. The van der Waals surface area contributed by atoms with Crippen LogP contribution in [0.15, 0.2) is 30.3 Å². The number of carbonyl (C=O) groups excluding carboxylic acids is 3. The molecule has 3 aliphatic heterocycles. The van der Waals surface area contributed by atoms with E-state index in [1.54, 1.807) is 0 Å². The maximum atomic E-state index is 13.8. The number of aliphatic hydroxyl groups excluding tert-OH is 1. The summed E-state index contributed by atoms with van der Waals surface area (Å²) in [6.45, 7) is 7.59. The zero-order valence-corrected chi connectivity index (χ0v) is 19.8. The van der Waals surface area contributed by atoms with Crippen LogP contribution in [0.3, 0.4) is 0 Å². The smallest absolute Gasteiger partial charge is 0.246 e. The van der Waals surface area contributed by atoms with Crippen molar-refractivity contribution >= 4 is 17.7 Å². The molecule has 0 radical (unpaired) electrons. The maximum absolute atomic E-state index is 13.8. The third-order valence-corrected chi connectivity index (χ3v) is 7.56. The second-order valence-electron chi connectivity index (χ2n) is 10.1. The van der Waals surface area contributed by atoms with E-state index in [-0.39, 0.29) is 30.4 Å². The number of hydrogen-bond acceptors (Lipinski definition) is 5. The Morgan fingerprint density at radius 3 is 2.52 bits per heavy atom. The molecule has 1 spiro atoms. The van der Waals surface area contributed by atoms with Crippen LogP contribution in [0.2, 0.25) is 0 Å². The summed E-state index contributed by atoms with van der Waals surface area (Å²) in [4.78, 5) is 42.2. The molecule has 8 nitrogen and oxygen atoms in total. The summed E-state index contributed by atoms with van der Waals surface area (Å²) in [5, 5.41) is 15.9. The van der Waals surface area contributed by atoms with Crippen molar-refractivity contribution < 1.29 is 24.2 Å². The van der Waals surface area contributed by atoms with Gasteiger partial charge in [-0.3, -0.25) is 14.4 Å².